The van der Waals surface area contributed by atoms with Gasteiger partial charge in [0.25, 0.3) is 5.91 Å². The second-order valence-electron chi connectivity index (χ2n) is 3.96. The lowest BCUT2D eigenvalue weighted by Crippen LogP contribution is -2.48. The summed E-state index contributed by atoms with van der Waals surface area (Å²) in [4.78, 5) is 35.0. The van der Waals surface area contributed by atoms with Crippen LogP contribution in [0.5, 0.6) is 0 Å². The Hall–Kier alpha value is -2.17. The lowest BCUT2D eigenvalue weighted by atomic mass is 9.92. The van der Waals surface area contributed by atoms with Crippen LogP contribution in [0.15, 0.2) is 24.3 Å². The van der Waals surface area contributed by atoms with Crippen LogP contribution in [0.3, 0.4) is 0 Å². The SMILES string of the molecule is O=C1CC2(Nc3ccccc3C2=O)C(=O)N1. The second-order valence-corrected chi connectivity index (χ2v) is 3.96. The van der Waals surface area contributed by atoms with Crippen LogP contribution >= 0.6 is 0 Å². The van der Waals surface area contributed by atoms with Gasteiger partial charge < -0.3 is 5.32 Å². The van der Waals surface area contributed by atoms with E-state index in [-0.39, 0.29) is 12.2 Å². The first-order valence-corrected chi connectivity index (χ1v) is 4.90. The summed E-state index contributed by atoms with van der Waals surface area (Å²) < 4.78 is 0. The molecule has 0 bridgehead atoms. The molecule has 1 spiro atoms. The topological polar surface area (TPSA) is 75.3 Å². The zero-order chi connectivity index (χ0) is 11.3. The van der Waals surface area contributed by atoms with E-state index in [2.05, 4.69) is 10.6 Å². The fourth-order valence-electron chi connectivity index (χ4n) is 2.19. The summed E-state index contributed by atoms with van der Waals surface area (Å²) in [6, 6.07) is 6.87. The summed E-state index contributed by atoms with van der Waals surface area (Å²) in [6.45, 7) is 0. The van der Waals surface area contributed by atoms with Crippen LogP contribution in [0.2, 0.25) is 0 Å². The number of fused-ring (bicyclic) bond motifs is 1. The number of benzene rings is 1. The van der Waals surface area contributed by atoms with Gasteiger partial charge in [-0.15, -0.1) is 0 Å². The number of Topliss-reactive ketones (excluding diaryl/α,β-unsaturated/α-hetero) is 1. The van der Waals surface area contributed by atoms with Crippen LogP contribution < -0.4 is 10.6 Å². The molecule has 3 rings (SSSR count). The molecule has 80 valence electrons. The molecule has 1 aromatic rings. The summed E-state index contributed by atoms with van der Waals surface area (Å²) in [5, 5.41) is 5.01. The van der Waals surface area contributed by atoms with Crippen LogP contribution in [-0.2, 0) is 9.59 Å². The maximum atomic E-state index is 12.1. The standard InChI is InChI=1S/C11H8N2O3/c14-8-5-11(10(16)12-8)9(15)6-3-1-2-4-7(6)13-11/h1-4,13H,5H2,(H,12,14,16). The lowest BCUT2D eigenvalue weighted by Gasteiger charge is -2.17. The molecule has 1 saturated heterocycles. The normalized spacial score (nSPS) is 26.9. The minimum Gasteiger partial charge on any atom is -0.364 e. The van der Waals surface area contributed by atoms with Gasteiger partial charge in [0.15, 0.2) is 11.3 Å². The molecule has 1 atom stereocenters. The molecule has 1 fully saturated rings. The molecular formula is C11H8N2O3. The van der Waals surface area contributed by atoms with E-state index in [4.69, 9.17) is 0 Å². The largest absolute Gasteiger partial charge is 0.364 e. The van der Waals surface area contributed by atoms with E-state index in [0.717, 1.165) is 0 Å². The van der Waals surface area contributed by atoms with Crippen molar-refractivity contribution in [3.8, 4) is 0 Å². The predicted octanol–water partition coefficient (Wildman–Crippen LogP) is 0.0801. The number of para-hydroxylation sites is 1. The summed E-state index contributed by atoms with van der Waals surface area (Å²) in [7, 11) is 0. The number of hydrogen-bond acceptors (Lipinski definition) is 4. The van der Waals surface area contributed by atoms with Crippen molar-refractivity contribution < 1.29 is 14.4 Å². The smallest absolute Gasteiger partial charge is 0.260 e. The number of hydrogen-bond donors (Lipinski definition) is 2. The summed E-state index contributed by atoms with van der Waals surface area (Å²) in [5.74, 6) is -1.30. The van der Waals surface area contributed by atoms with Crippen molar-refractivity contribution in [2.45, 2.75) is 12.0 Å². The Morgan fingerprint density at radius 2 is 1.88 bits per heavy atom. The molecule has 2 amide bonds. The van der Waals surface area contributed by atoms with Crippen molar-refractivity contribution in [3.63, 3.8) is 0 Å². The first kappa shape index (κ1) is 9.08. The lowest BCUT2D eigenvalue weighted by molar-refractivity contribution is -0.125. The molecule has 0 aromatic heterocycles. The van der Waals surface area contributed by atoms with Gasteiger partial charge in [0, 0.05) is 11.3 Å². The molecule has 5 nitrogen and oxygen atoms in total. The van der Waals surface area contributed by atoms with E-state index in [1.165, 1.54) is 0 Å². The Morgan fingerprint density at radius 3 is 2.50 bits per heavy atom. The van der Waals surface area contributed by atoms with Gasteiger partial charge in [0.05, 0.1) is 6.42 Å². The van der Waals surface area contributed by atoms with Crippen LogP contribution in [0.1, 0.15) is 16.8 Å². The Labute approximate surface area is 90.8 Å². The minimum absolute atomic E-state index is 0.126. The molecule has 0 radical (unpaired) electrons. The molecule has 0 saturated carbocycles. The highest BCUT2D eigenvalue weighted by atomic mass is 16.2. The number of imide groups is 1. The molecular weight excluding hydrogens is 208 g/mol. The molecule has 2 aliphatic rings. The number of carbonyl (C=O) groups excluding carboxylic acids is 3. The highest BCUT2D eigenvalue weighted by molar-refractivity contribution is 6.31. The van der Waals surface area contributed by atoms with Crippen LogP contribution in [0, 0.1) is 0 Å². The summed E-state index contributed by atoms with van der Waals surface area (Å²) >= 11 is 0. The van der Waals surface area contributed by atoms with Crippen molar-refractivity contribution in [1.82, 2.24) is 5.32 Å². The number of amides is 2. The van der Waals surface area contributed by atoms with Crippen molar-refractivity contribution >= 4 is 23.3 Å². The summed E-state index contributed by atoms with van der Waals surface area (Å²) in [5.41, 5.74) is -0.328. The van der Waals surface area contributed by atoms with E-state index >= 15 is 0 Å². The Kier molecular flexibility index (Phi) is 1.53. The molecule has 5 heteroatoms. The number of nitrogens with one attached hydrogen (secondary N) is 2. The average molecular weight is 216 g/mol. The molecule has 2 aliphatic heterocycles. The van der Waals surface area contributed by atoms with E-state index in [0.29, 0.717) is 11.3 Å². The van der Waals surface area contributed by atoms with E-state index < -0.39 is 17.4 Å². The summed E-state index contributed by atoms with van der Waals surface area (Å²) in [6.07, 6.45) is -0.126. The number of anilines is 1. The van der Waals surface area contributed by atoms with Gasteiger partial charge in [-0.3, -0.25) is 19.7 Å². The van der Waals surface area contributed by atoms with Gasteiger partial charge in [-0.1, -0.05) is 12.1 Å². The first-order valence-electron chi connectivity index (χ1n) is 4.90. The van der Waals surface area contributed by atoms with Crippen molar-refractivity contribution in [2.24, 2.45) is 0 Å². The van der Waals surface area contributed by atoms with Crippen LogP contribution in [0.25, 0.3) is 0 Å². The van der Waals surface area contributed by atoms with Gasteiger partial charge in [0.1, 0.15) is 0 Å². The van der Waals surface area contributed by atoms with Gasteiger partial charge in [-0.25, -0.2) is 0 Å². The third-order valence-electron chi connectivity index (χ3n) is 2.97. The zero-order valence-corrected chi connectivity index (χ0v) is 8.24. The van der Waals surface area contributed by atoms with Crippen molar-refractivity contribution in [1.29, 1.82) is 0 Å². The average Bonchev–Trinajstić information content (AvgIpc) is 2.69. The van der Waals surface area contributed by atoms with Gasteiger partial charge in [-0.2, -0.15) is 0 Å². The third kappa shape index (κ3) is 0.920. The second kappa shape index (κ2) is 2.69. The third-order valence-corrected chi connectivity index (χ3v) is 2.97. The van der Waals surface area contributed by atoms with E-state index in [9.17, 15) is 14.4 Å². The van der Waals surface area contributed by atoms with Gasteiger partial charge in [-0.05, 0) is 12.1 Å². The molecule has 16 heavy (non-hydrogen) atoms. The maximum absolute atomic E-state index is 12.1. The number of rotatable bonds is 0. The van der Waals surface area contributed by atoms with Gasteiger partial charge in [0.2, 0.25) is 5.91 Å². The maximum Gasteiger partial charge on any atom is 0.260 e. The molecule has 2 heterocycles. The molecule has 0 aliphatic carbocycles. The van der Waals surface area contributed by atoms with E-state index in [1.54, 1.807) is 24.3 Å². The van der Waals surface area contributed by atoms with Gasteiger partial charge >= 0.3 is 0 Å². The number of ketones is 1. The van der Waals surface area contributed by atoms with Crippen molar-refractivity contribution in [3.05, 3.63) is 29.8 Å². The Morgan fingerprint density at radius 1 is 1.12 bits per heavy atom. The zero-order valence-electron chi connectivity index (χ0n) is 8.24. The minimum atomic E-state index is -1.40. The highest BCUT2D eigenvalue weighted by Crippen LogP contribution is 2.36. The molecule has 1 unspecified atom stereocenters. The highest BCUT2D eigenvalue weighted by Gasteiger charge is 2.56. The number of carbonyl (C=O) groups is 3. The quantitative estimate of drug-likeness (QED) is 0.475. The first-order chi connectivity index (χ1) is 7.63. The predicted molar refractivity (Wildman–Crippen MR) is 54.9 cm³/mol. The Bertz CT molecular complexity index is 538. The van der Waals surface area contributed by atoms with E-state index in [1.807, 2.05) is 0 Å². The van der Waals surface area contributed by atoms with Crippen molar-refractivity contribution in [2.75, 3.05) is 5.32 Å². The van der Waals surface area contributed by atoms with Crippen LogP contribution in [0.4, 0.5) is 5.69 Å². The van der Waals surface area contributed by atoms with Crippen LogP contribution in [-0.4, -0.2) is 23.1 Å². The monoisotopic (exact) mass is 216 g/mol. The molecule has 1 aromatic carbocycles. The molecule has 2 N–H and O–H groups in total. The fourth-order valence-corrected chi connectivity index (χ4v) is 2.19. The fraction of sp³-hybridized carbons (Fsp3) is 0.182. The Balaban J connectivity index is 2.14.